The van der Waals surface area contributed by atoms with Gasteiger partial charge in [-0.3, -0.25) is 4.90 Å². The molecule has 94 valence electrons. The lowest BCUT2D eigenvalue weighted by atomic mass is 10.1. The predicted octanol–water partition coefficient (Wildman–Crippen LogP) is 2.64. The highest BCUT2D eigenvalue weighted by Crippen LogP contribution is 2.29. The van der Waals surface area contributed by atoms with Crippen molar-refractivity contribution in [3.8, 4) is 0 Å². The summed E-state index contributed by atoms with van der Waals surface area (Å²) in [6.45, 7) is 2.57. The molecule has 17 heavy (non-hydrogen) atoms. The molecule has 0 aliphatic carbocycles. The number of benzene rings is 1. The van der Waals surface area contributed by atoms with Crippen LogP contribution in [0.25, 0.3) is 0 Å². The van der Waals surface area contributed by atoms with E-state index in [-0.39, 0.29) is 11.9 Å². The van der Waals surface area contributed by atoms with Crippen molar-refractivity contribution in [2.24, 2.45) is 5.73 Å². The van der Waals surface area contributed by atoms with Gasteiger partial charge in [-0.2, -0.15) is 11.8 Å². The number of hydrogen-bond acceptors (Lipinski definition) is 3. The molecule has 1 aromatic rings. The fraction of sp³-hybridized carbons (Fsp3) is 0.500. The van der Waals surface area contributed by atoms with Crippen molar-refractivity contribution >= 4 is 27.7 Å². The van der Waals surface area contributed by atoms with Crippen LogP contribution in [0.3, 0.4) is 0 Å². The zero-order chi connectivity index (χ0) is 12.3. The first-order valence-electron chi connectivity index (χ1n) is 5.69. The van der Waals surface area contributed by atoms with Gasteiger partial charge < -0.3 is 5.73 Å². The topological polar surface area (TPSA) is 29.3 Å². The molecule has 0 radical (unpaired) electrons. The van der Waals surface area contributed by atoms with Crippen LogP contribution in [0.4, 0.5) is 4.39 Å². The number of rotatable bonds is 3. The SMILES string of the molecule is NCC(c1cc(F)ccc1Br)N1CCSCC1. The number of halogens is 2. The molecule has 1 aromatic carbocycles. The van der Waals surface area contributed by atoms with Crippen LogP contribution < -0.4 is 5.73 Å². The summed E-state index contributed by atoms with van der Waals surface area (Å²) in [6, 6.07) is 4.92. The van der Waals surface area contributed by atoms with Gasteiger partial charge >= 0.3 is 0 Å². The Morgan fingerprint density at radius 2 is 2.12 bits per heavy atom. The molecule has 1 heterocycles. The minimum absolute atomic E-state index is 0.112. The summed E-state index contributed by atoms with van der Waals surface area (Å²) in [5.41, 5.74) is 6.82. The van der Waals surface area contributed by atoms with Gasteiger partial charge in [0, 0.05) is 41.7 Å². The summed E-state index contributed by atoms with van der Waals surface area (Å²) in [5, 5.41) is 0. The van der Waals surface area contributed by atoms with Crippen molar-refractivity contribution in [2.45, 2.75) is 6.04 Å². The van der Waals surface area contributed by atoms with E-state index < -0.39 is 0 Å². The largest absolute Gasteiger partial charge is 0.329 e. The van der Waals surface area contributed by atoms with Gasteiger partial charge in [0.25, 0.3) is 0 Å². The fourth-order valence-corrected chi connectivity index (χ4v) is 3.57. The van der Waals surface area contributed by atoms with Crippen LogP contribution in [0, 0.1) is 5.82 Å². The van der Waals surface area contributed by atoms with Gasteiger partial charge in [-0.25, -0.2) is 4.39 Å². The molecule has 1 aliphatic rings. The molecule has 0 aromatic heterocycles. The number of thioether (sulfide) groups is 1. The van der Waals surface area contributed by atoms with Crippen LogP contribution >= 0.6 is 27.7 Å². The van der Waals surface area contributed by atoms with Crippen molar-refractivity contribution in [1.82, 2.24) is 4.90 Å². The second-order valence-corrected chi connectivity index (χ2v) is 6.14. The van der Waals surface area contributed by atoms with E-state index in [0.29, 0.717) is 6.54 Å². The van der Waals surface area contributed by atoms with Crippen LogP contribution in [0.2, 0.25) is 0 Å². The van der Waals surface area contributed by atoms with E-state index in [1.54, 1.807) is 12.1 Å². The van der Waals surface area contributed by atoms with Gasteiger partial charge in [-0.15, -0.1) is 0 Å². The first-order valence-corrected chi connectivity index (χ1v) is 7.64. The maximum Gasteiger partial charge on any atom is 0.123 e. The molecule has 2 N–H and O–H groups in total. The van der Waals surface area contributed by atoms with Gasteiger partial charge in [0.05, 0.1) is 0 Å². The molecular formula is C12H16BrFN2S. The first kappa shape index (κ1) is 13.3. The van der Waals surface area contributed by atoms with Crippen molar-refractivity contribution in [2.75, 3.05) is 31.1 Å². The molecule has 0 amide bonds. The van der Waals surface area contributed by atoms with Gasteiger partial charge in [-0.1, -0.05) is 15.9 Å². The molecule has 1 aliphatic heterocycles. The van der Waals surface area contributed by atoms with Crippen molar-refractivity contribution in [1.29, 1.82) is 0 Å². The summed E-state index contributed by atoms with van der Waals surface area (Å²) < 4.78 is 14.3. The van der Waals surface area contributed by atoms with Crippen LogP contribution in [0.15, 0.2) is 22.7 Å². The standard InChI is InChI=1S/C12H16BrFN2S/c13-11-2-1-9(14)7-10(11)12(8-15)16-3-5-17-6-4-16/h1-2,7,12H,3-6,8,15H2. The number of nitrogens with zero attached hydrogens (tertiary/aromatic N) is 1. The van der Waals surface area contributed by atoms with Crippen LogP contribution in [-0.2, 0) is 0 Å². The third kappa shape index (κ3) is 3.22. The summed E-state index contributed by atoms with van der Waals surface area (Å²) >= 11 is 5.45. The van der Waals surface area contributed by atoms with E-state index in [4.69, 9.17) is 5.73 Å². The highest BCUT2D eigenvalue weighted by Gasteiger charge is 2.23. The smallest absolute Gasteiger partial charge is 0.123 e. The van der Waals surface area contributed by atoms with Crippen LogP contribution in [0.1, 0.15) is 11.6 Å². The fourth-order valence-electron chi connectivity index (χ4n) is 2.13. The average Bonchev–Trinajstić information content (AvgIpc) is 2.36. The molecule has 1 atom stereocenters. The third-order valence-corrected chi connectivity index (χ3v) is 4.69. The summed E-state index contributed by atoms with van der Waals surface area (Å²) in [5.74, 6) is 2.06. The second kappa shape index (κ2) is 6.18. The Kier molecular flexibility index (Phi) is 4.85. The molecule has 2 nitrogen and oxygen atoms in total. The van der Waals surface area contributed by atoms with Crippen LogP contribution in [-0.4, -0.2) is 36.0 Å². The summed E-state index contributed by atoms with van der Waals surface area (Å²) in [6.07, 6.45) is 0. The van der Waals surface area contributed by atoms with Gasteiger partial charge in [-0.05, 0) is 23.8 Å². The Hall–Kier alpha value is -0.100. The number of nitrogens with two attached hydrogens (primary N) is 1. The van der Waals surface area contributed by atoms with E-state index in [9.17, 15) is 4.39 Å². The third-order valence-electron chi connectivity index (χ3n) is 3.03. The van der Waals surface area contributed by atoms with Gasteiger partial charge in [0.15, 0.2) is 0 Å². The van der Waals surface area contributed by atoms with Crippen molar-refractivity contribution in [3.63, 3.8) is 0 Å². The first-order chi connectivity index (χ1) is 8.22. The van der Waals surface area contributed by atoms with E-state index in [0.717, 1.165) is 34.6 Å². The Balaban J connectivity index is 2.24. The molecule has 1 fully saturated rings. The molecular weight excluding hydrogens is 303 g/mol. The second-order valence-electron chi connectivity index (χ2n) is 4.07. The van der Waals surface area contributed by atoms with Crippen molar-refractivity contribution < 1.29 is 4.39 Å². The molecule has 1 saturated heterocycles. The zero-order valence-corrected chi connectivity index (χ0v) is 11.9. The lowest BCUT2D eigenvalue weighted by Crippen LogP contribution is -2.39. The Morgan fingerprint density at radius 3 is 2.76 bits per heavy atom. The van der Waals surface area contributed by atoms with E-state index in [1.165, 1.54) is 6.07 Å². The summed E-state index contributed by atoms with van der Waals surface area (Å²) in [7, 11) is 0. The Labute approximate surface area is 114 Å². The maximum absolute atomic E-state index is 13.3. The van der Waals surface area contributed by atoms with Gasteiger partial charge in [0.2, 0.25) is 0 Å². The molecule has 2 rings (SSSR count). The minimum atomic E-state index is -0.201. The molecule has 1 unspecified atom stereocenters. The molecule has 0 bridgehead atoms. The monoisotopic (exact) mass is 318 g/mol. The highest BCUT2D eigenvalue weighted by molar-refractivity contribution is 9.10. The molecule has 0 saturated carbocycles. The normalized spacial score (nSPS) is 19.2. The maximum atomic E-state index is 13.3. The lowest BCUT2D eigenvalue weighted by molar-refractivity contribution is 0.222. The Bertz CT molecular complexity index is 383. The lowest BCUT2D eigenvalue weighted by Gasteiger charge is -2.34. The summed E-state index contributed by atoms with van der Waals surface area (Å²) in [4.78, 5) is 2.34. The Morgan fingerprint density at radius 1 is 1.41 bits per heavy atom. The molecule has 5 heteroatoms. The van der Waals surface area contributed by atoms with Crippen LogP contribution in [0.5, 0.6) is 0 Å². The van der Waals surface area contributed by atoms with Crippen molar-refractivity contribution in [3.05, 3.63) is 34.1 Å². The predicted molar refractivity (Wildman–Crippen MR) is 74.8 cm³/mol. The quantitative estimate of drug-likeness (QED) is 0.929. The van der Waals surface area contributed by atoms with E-state index in [1.807, 2.05) is 11.8 Å². The van der Waals surface area contributed by atoms with Gasteiger partial charge in [0.1, 0.15) is 5.82 Å². The zero-order valence-electron chi connectivity index (χ0n) is 9.53. The highest BCUT2D eigenvalue weighted by atomic mass is 79.9. The average molecular weight is 319 g/mol. The molecule has 0 spiro atoms. The van der Waals surface area contributed by atoms with E-state index >= 15 is 0 Å². The van der Waals surface area contributed by atoms with E-state index in [2.05, 4.69) is 20.8 Å². The number of hydrogen-bond donors (Lipinski definition) is 1. The minimum Gasteiger partial charge on any atom is -0.329 e.